The predicted octanol–water partition coefficient (Wildman–Crippen LogP) is 4.80. The maximum atomic E-state index is 12.7. The molecule has 134 valence electrons. The number of fused-ring (bicyclic) bond motifs is 2. The fourth-order valence-electron chi connectivity index (χ4n) is 3.26. The molecule has 0 unspecified atom stereocenters. The van der Waals surface area contributed by atoms with E-state index in [9.17, 15) is 4.79 Å². The Morgan fingerprint density at radius 3 is 2.68 bits per heavy atom. The van der Waals surface area contributed by atoms with Gasteiger partial charge in [0.2, 0.25) is 5.78 Å². The first-order valence-electron chi connectivity index (χ1n) is 8.97. The van der Waals surface area contributed by atoms with Crippen molar-refractivity contribution in [1.82, 2.24) is 14.4 Å². The number of benzene rings is 3. The van der Waals surface area contributed by atoms with Crippen LogP contribution in [0.2, 0.25) is 0 Å². The van der Waals surface area contributed by atoms with Crippen molar-refractivity contribution in [2.45, 2.75) is 0 Å². The molecule has 5 nitrogen and oxygen atoms in total. The molecule has 0 fully saturated rings. The van der Waals surface area contributed by atoms with E-state index in [0.29, 0.717) is 11.3 Å². The summed E-state index contributed by atoms with van der Waals surface area (Å²) in [6, 6.07) is 23.2. The summed E-state index contributed by atoms with van der Waals surface area (Å²) in [5, 5.41) is 5.13. The molecule has 0 aliphatic rings. The standard InChI is InChI=1S/C23H16N4O/c28-22(19-10-9-16-5-1-2-6-17(16)13-19)25-20-8-3-7-18(14-20)21-15-27-12-4-11-24-23(27)26-21/h1-15H,(H,25,28). The minimum absolute atomic E-state index is 0.139. The minimum atomic E-state index is -0.139. The first kappa shape index (κ1) is 16.2. The summed E-state index contributed by atoms with van der Waals surface area (Å²) in [7, 11) is 0. The van der Waals surface area contributed by atoms with Crippen LogP contribution in [0.25, 0.3) is 27.8 Å². The van der Waals surface area contributed by atoms with Crippen molar-refractivity contribution in [3.8, 4) is 11.3 Å². The molecule has 28 heavy (non-hydrogen) atoms. The Morgan fingerprint density at radius 2 is 1.79 bits per heavy atom. The Kier molecular flexibility index (Phi) is 3.84. The summed E-state index contributed by atoms with van der Waals surface area (Å²) in [4.78, 5) is 21.5. The third-order valence-corrected chi connectivity index (χ3v) is 4.66. The fraction of sp³-hybridized carbons (Fsp3) is 0. The van der Waals surface area contributed by atoms with E-state index < -0.39 is 0 Å². The van der Waals surface area contributed by atoms with E-state index in [1.165, 1.54) is 0 Å². The number of carbonyl (C=O) groups excluding carboxylic acids is 1. The number of nitrogens with one attached hydrogen (secondary N) is 1. The summed E-state index contributed by atoms with van der Waals surface area (Å²) >= 11 is 0. The van der Waals surface area contributed by atoms with Gasteiger partial charge in [0.05, 0.1) is 5.69 Å². The summed E-state index contributed by atoms with van der Waals surface area (Å²) in [5.41, 5.74) is 3.07. The molecular weight excluding hydrogens is 348 g/mol. The maximum absolute atomic E-state index is 12.7. The summed E-state index contributed by atoms with van der Waals surface area (Å²) < 4.78 is 1.87. The lowest BCUT2D eigenvalue weighted by Crippen LogP contribution is -2.11. The lowest BCUT2D eigenvalue weighted by atomic mass is 10.1. The van der Waals surface area contributed by atoms with E-state index >= 15 is 0 Å². The van der Waals surface area contributed by atoms with E-state index in [1.54, 1.807) is 6.20 Å². The molecule has 3 aromatic carbocycles. The van der Waals surface area contributed by atoms with E-state index in [4.69, 9.17) is 0 Å². The molecule has 0 radical (unpaired) electrons. The minimum Gasteiger partial charge on any atom is -0.322 e. The number of hydrogen-bond donors (Lipinski definition) is 1. The number of nitrogens with zero attached hydrogens (tertiary/aromatic N) is 3. The second kappa shape index (κ2) is 6.63. The van der Waals surface area contributed by atoms with Crippen LogP contribution in [0.1, 0.15) is 10.4 Å². The van der Waals surface area contributed by atoms with Gasteiger partial charge in [-0.25, -0.2) is 9.97 Å². The predicted molar refractivity (Wildman–Crippen MR) is 110 cm³/mol. The van der Waals surface area contributed by atoms with Crippen molar-refractivity contribution in [3.05, 3.63) is 97.0 Å². The molecule has 5 heteroatoms. The van der Waals surface area contributed by atoms with Gasteiger partial charge in [-0.3, -0.25) is 9.20 Å². The lowest BCUT2D eigenvalue weighted by molar-refractivity contribution is 0.102. The molecule has 0 saturated heterocycles. The highest BCUT2D eigenvalue weighted by Gasteiger charge is 2.09. The van der Waals surface area contributed by atoms with Crippen LogP contribution >= 0.6 is 0 Å². The molecule has 2 aromatic heterocycles. The number of imidazole rings is 1. The van der Waals surface area contributed by atoms with Crippen molar-refractivity contribution >= 4 is 28.1 Å². The topological polar surface area (TPSA) is 59.3 Å². The number of amides is 1. The van der Waals surface area contributed by atoms with Crippen LogP contribution in [-0.4, -0.2) is 20.3 Å². The van der Waals surface area contributed by atoms with Crippen LogP contribution < -0.4 is 5.32 Å². The summed E-state index contributed by atoms with van der Waals surface area (Å²) in [5.74, 6) is 0.502. The average Bonchev–Trinajstić information content (AvgIpc) is 3.18. The van der Waals surface area contributed by atoms with Gasteiger partial charge in [-0.15, -0.1) is 0 Å². The summed E-state index contributed by atoms with van der Waals surface area (Å²) in [6.07, 6.45) is 5.54. The zero-order valence-electron chi connectivity index (χ0n) is 14.9. The van der Waals surface area contributed by atoms with E-state index in [1.807, 2.05) is 89.6 Å². The van der Waals surface area contributed by atoms with Gasteiger partial charge >= 0.3 is 0 Å². The lowest BCUT2D eigenvalue weighted by Gasteiger charge is -2.07. The van der Waals surface area contributed by atoms with Gasteiger partial charge in [-0.2, -0.15) is 0 Å². The zero-order valence-corrected chi connectivity index (χ0v) is 14.9. The Labute approximate surface area is 161 Å². The number of hydrogen-bond acceptors (Lipinski definition) is 3. The highest BCUT2D eigenvalue weighted by Crippen LogP contribution is 2.23. The van der Waals surface area contributed by atoms with Gasteiger partial charge in [-0.05, 0) is 41.1 Å². The van der Waals surface area contributed by atoms with Crippen molar-refractivity contribution in [2.24, 2.45) is 0 Å². The quantitative estimate of drug-likeness (QED) is 0.500. The molecule has 0 saturated carbocycles. The molecule has 5 rings (SSSR count). The Morgan fingerprint density at radius 1 is 0.893 bits per heavy atom. The van der Waals surface area contributed by atoms with Gasteiger partial charge in [0.1, 0.15) is 0 Å². The molecule has 1 N–H and O–H groups in total. The van der Waals surface area contributed by atoms with Crippen LogP contribution in [0.5, 0.6) is 0 Å². The molecule has 0 atom stereocenters. The molecular formula is C23H16N4O. The number of rotatable bonds is 3. The van der Waals surface area contributed by atoms with Crippen LogP contribution in [-0.2, 0) is 0 Å². The van der Waals surface area contributed by atoms with Crippen LogP contribution in [0.4, 0.5) is 5.69 Å². The van der Waals surface area contributed by atoms with Crippen molar-refractivity contribution in [1.29, 1.82) is 0 Å². The Balaban J connectivity index is 1.43. The number of aromatic nitrogens is 3. The van der Waals surface area contributed by atoms with Gasteiger partial charge in [0.25, 0.3) is 5.91 Å². The average molecular weight is 364 g/mol. The van der Waals surface area contributed by atoms with Crippen molar-refractivity contribution in [2.75, 3.05) is 5.32 Å². The SMILES string of the molecule is O=C(Nc1cccc(-c2cn3cccnc3n2)c1)c1ccc2ccccc2c1. The summed E-state index contributed by atoms with van der Waals surface area (Å²) in [6.45, 7) is 0. The van der Waals surface area contributed by atoms with Gasteiger partial charge in [0, 0.05) is 35.4 Å². The monoisotopic (exact) mass is 364 g/mol. The molecule has 0 bridgehead atoms. The normalized spacial score (nSPS) is 11.0. The van der Waals surface area contributed by atoms with Gasteiger partial charge < -0.3 is 5.32 Å². The molecule has 5 aromatic rings. The van der Waals surface area contributed by atoms with E-state index in [-0.39, 0.29) is 5.91 Å². The van der Waals surface area contributed by atoms with Crippen LogP contribution in [0, 0.1) is 0 Å². The highest BCUT2D eigenvalue weighted by atomic mass is 16.1. The van der Waals surface area contributed by atoms with Crippen LogP contribution in [0.3, 0.4) is 0 Å². The third kappa shape index (κ3) is 2.99. The molecule has 0 spiro atoms. The maximum Gasteiger partial charge on any atom is 0.255 e. The second-order valence-electron chi connectivity index (χ2n) is 6.55. The smallest absolute Gasteiger partial charge is 0.255 e. The third-order valence-electron chi connectivity index (χ3n) is 4.66. The van der Waals surface area contributed by atoms with Crippen molar-refractivity contribution in [3.63, 3.8) is 0 Å². The highest BCUT2D eigenvalue weighted by molar-refractivity contribution is 6.06. The molecule has 1 amide bonds. The Hall–Kier alpha value is -3.99. The first-order valence-corrected chi connectivity index (χ1v) is 8.97. The van der Waals surface area contributed by atoms with Crippen LogP contribution in [0.15, 0.2) is 91.4 Å². The Bertz CT molecular complexity index is 1290. The molecule has 2 heterocycles. The molecule has 0 aliphatic heterocycles. The van der Waals surface area contributed by atoms with E-state index in [2.05, 4.69) is 15.3 Å². The second-order valence-corrected chi connectivity index (χ2v) is 6.55. The fourth-order valence-corrected chi connectivity index (χ4v) is 3.26. The van der Waals surface area contributed by atoms with E-state index in [0.717, 1.165) is 27.7 Å². The molecule has 0 aliphatic carbocycles. The number of anilines is 1. The first-order chi connectivity index (χ1) is 13.8. The van der Waals surface area contributed by atoms with Gasteiger partial charge in [0.15, 0.2) is 0 Å². The van der Waals surface area contributed by atoms with Gasteiger partial charge in [-0.1, -0.05) is 42.5 Å². The number of carbonyl (C=O) groups is 1. The van der Waals surface area contributed by atoms with Crippen molar-refractivity contribution < 1.29 is 4.79 Å². The zero-order chi connectivity index (χ0) is 18.9. The largest absolute Gasteiger partial charge is 0.322 e.